The summed E-state index contributed by atoms with van der Waals surface area (Å²) >= 11 is 0. The summed E-state index contributed by atoms with van der Waals surface area (Å²) in [6, 6.07) is 4.94. The van der Waals surface area contributed by atoms with Crippen molar-refractivity contribution >= 4 is 5.82 Å². The summed E-state index contributed by atoms with van der Waals surface area (Å²) in [4.78, 5) is 11.1. The maximum Gasteiger partial charge on any atom is 0.421 e. The monoisotopic (exact) mass is 240 g/mol. The van der Waals surface area contributed by atoms with Crippen LogP contribution in [0.5, 0.6) is 0 Å². The maximum absolute atomic E-state index is 12.4. The number of halogens is 3. The summed E-state index contributed by atoms with van der Waals surface area (Å²) in [5.41, 5.74) is 4.57. The van der Waals surface area contributed by atoms with Gasteiger partial charge in [0.15, 0.2) is 5.82 Å². The number of rotatable bonds is 1. The Kier molecular flexibility index (Phi) is 2.66. The first kappa shape index (κ1) is 11.3. The van der Waals surface area contributed by atoms with E-state index in [0.29, 0.717) is 11.9 Å². The molecule has 7 heteroatoms. The van der Waals surface area contributed by atoms with Crippen molar-refractivity contribution < 1.29 is 13.2 Å². The van der Waals surface area contributed by atoms with Gasteiger partial charge in [0, 0.05) is 12.4 Å². The first-order valence-electron chi connectivity index (χ1n) is 4.59. The van der Waals surface area contributed by atoms with Gasteiger partial charge in [0.1, 0.15) is 17.1 Å². The summed E-state index contributed by atoms with van der Waals surface area (Å²) in [7, 11) is 0. The van der Waals surface area contributed by atoms with Crippen LogP contribution in [0.15, 0.2) is 30.6 Å². The lowest BCUT2D eigenvalue weighted by atomic mass is 10.3. The van der Waals surface area contributed by atoms with Crippen LogP contribution in [0, 0.1) is 0 Å². The lowest BCUT2D eigenvalue weighted by Crippen LogP contribution is -2.11. The molecule has 0 aliphatic heterocycles. The third kappa shape index (κ3) is 2.32. The quantitative estimate of drug-likeness (QED) is 0.829. The first-order chi connectivity index (χ1) is 7.98. The van der Waals surface area contributed by atoms with Crippen LogP contribution in [0.25, 0.3) is 11.5 Å². The van der Waals surface area contributed by atoms with E-state index in [9.17, 15) is 13.2 Å². The van der Waals surface area contributed by atoms with Crippen LogP contribution in [0.4, 0.5) is 19.0 Å². The Labute approximate surface area is 94.3 Å². The Morgan fingerprint density at radius 3 is 2.41 bits per heavy atom. The number of nitrogen functional groups attached to an aromatic ring is 1. The molecule has 0 saturated carbocycles. The first-order valence-corrected chi connectivity index (χ1v) is 4.59. The number of alkyl halides is 3. The molecular weight excluding hydrogens is 233 g/mol. The van der Waals surface area contributed by atoms with E-state index >= 15 is 0 Å². The van der Waals surface area contributed by atoms with Gasteiger partial charge in [0.2, 0.25) is 0 Å². The molecule has 0 bridgehead atoms. The molecule has 0 aliphatic rings. The zero-order valence-corrected chi connectivity index (χ0v) is 8.44. The molecule has 0 aromatic carbocycles. The fourth-order valence-electron chi connectivity index (χ4n) is 1.23. The fourth-order valence-corrected chi connectivity index (χ4v) is 1.23. The molecule has 4 nitrogen and oxygen atoms in total. The molecule has 0 amide bonds. The molecule has 0 radical (unpaired) electrons. The molecule has 0 saturated heterocycles. The van der Waals surface area contributed by atoms with Crippen molar-refractivity contribution in [3.63, 3.8) is 0 Å². The van der Waals surface area contributed by atoms with Crippen molar-refractivity contribution in [3.05, 3.63) is 36.2 Å². The molecule has 88 valence electrons. The van der Waals surface area contributed by atoms with Gasteiger partial charge < -0.3 is 5.73 Å². The zero-order valence-electron chi connectivity index (χ0n) is 8.44. The highest BCUT2D eigenvalue weighted by Crippen LogP contribution is 2.32. The summed E-state index contributed by atoms with van der Waals surface area (Å²) in [5.74, 6) is -0.538. The maximum atomic E-state index is 12.4. The molecule has 2 aromatic rings. The van der Waals surface area contributed by atoms with Crippen molar-refractivity contribution in [2.45, 2.75) is 6.18 Å². The van der Waals surface area contributed by atoms with E-state index in [0.717, 1.165) is 0 Å². The molecule has 0 spiro atoms. The average Bonchev–Trinajstić information content (AvgIpc) is 2.28. The minimum Gasteiger partial charge on any atom is -0.383 e. The van der Waals surface area contributed by atoms with Gasteiger partial charge in [-0.25, -0.2) is 9.97 Å². The van der Waals surface area contributed by atoms with Crippen molar-refractivity contribution in [2.75, 3.05) is 5.73 Å². The molecule has 0 aliphatic carbocycles. The number of nitrogens with two attached hydrogens (primary N) is 1. The molecule has 2 rings (SSSR count). The van der Waals surface area contributed by atoms with Crippen LogP contribution in [0.1, 0.15) is 5.56 Å². The smallest absolute Gasteiger partial charge is 0.383 e. The van der Waals surface area contributed by atoms with E-state index in [2.05, 4.69) is 15.0 Å². The number of nitrogens with zero attached hydrogens (tertiary/aromatic N) is 3. The van der Waals surface area contributed by atoms with Gasteiger partial charge >= 0.3 is 6.18 Å². The molecular formula is C10H7F3N4. The Hall–Kier alpha value is -2.18. The summed E-state index contributed by atoms with van der Waals surface area (Å²) in [6.07, 6.45) is -2.40. The second-order valence-electron chi connectivity index (χ2n) is 3.21. The lowest BCUT2D eigenvalue weighted by Gasteiger charge is -2.09. The lowest BCUT2D eigenvalue weighted by molar-refractivity contribution is -0.137. The van der Waals surface area contributed by atoms with Crippen LogP contribution in [0.3, 0.4) is 0 Å². The van der Waals surface area contributed by atoms with Gasteiger partial charge in [0.05, 0.1) is 0 Å². The van der Waals surface area contributed by atoms with Crippen LogP contribution in [-0.2, 0) is 6.18 Å². The van der Waals surface area contributed by atoms with Gasteiger partial charge in [-0.05, 0) is 12.1 Å². The van der Waals surface area contributed by atoms with Gasteiger partial charge in [-0.2, -0.15) is 13.2 Å². The van der Waals surface area contributed by atoms with E-state index in [4.69, 9.17) is 5.73 Å². The molecule has 2 heterocycles. The second-order valence-corrected chi connectivity index (χ2v) is 3.21. The van der Waals surface area contributed by atoms with Crippen molar-refractivity contribution in [1.29, 1.82) is 0 Å². The van der Waals surface area contributed by atoms with Crippen LogP contribution in [-0.4, -0.2) is 15.0 Å². The van der Waals surface area contributed by atoms with E-state index in [1.54, 1.807) is 18.2 Å². The topological polar surface area (TPSA) is 64.7 Å². The number of hydrogen-bond acceptors (Lipinski definition) is 4. The third-order valence-corrected chi connectivity index (χ3v) is 2.02. The molecule has 17 heavy (non-hydrogen) atoms. The Morgan fingerprint density at radius 1 is 1.12 bits per heavy atom. The van der Waals surface area contributed by atoms with E-state index in [1.165, 1.54) is 6.20 Å². The standard InChI is InChI=1S/C10H7F3N4/c11-10(12,13)6-5-16-9(17-8(6)14)7-3-1-2-4-15-7/h1-5H,(H2,14,16,17). The van der Waals surface area contributed by atoms with Gasteiger partial charge in [-0.3, -0.25) is 4.98 Å². The molecule has 0 atom stereocenters. The number of anilines is 1. The predicted molar refractivity (Wildman–Crippen MR) is 54.7 cm³/mol. The van der Waals surface area contributed by atoms with Crippen molar-refractivity contribution in [3.8, 4) is 11.5 Å². The van der Waals surface area contributed by atoms with E-state index in [-0.39, 0.29) is 5.82 Å². The Balaban J connectivity index is 2.45. The highest BCUT2D eigenvalue weighted by Gasteiger charge is 2.34. The third-order valence-electron chi connectivity index (χ3n) is 2.02. The van der Waals surface area contributed by atoms with Gasteiger partial charge in [-0.15, -0.1) is 0 Å². The van der Waals surface area contributed by atoms with Gasteiger partial charge in [-0.1, -0.05) is 6.07 Å². The van der Waals surface area contributed by atoms with Crippen LogP contribution >= 0.6 is 0 Å². The van der Waals surface area contributed by atoms with Gasteiger partial charge in [0.25, 0.3) is 0 Å². The Bertz CT molecular complexity index is 525. The summed E-state index contributed by atoms with van der Waals surface area (Å²) < 4.78 is 37.2. The van der Waals surface area contributed by atoms with Crippen molar-refractivity contribution in [1.82, 2.24) is 15.0 Å². The number of aromatic nitrogens is 3. The molecule has 0 unspecified atom stereocenters. The minimum atomic E-state index is -4.55. The number of pyridine rings is 1. The summed E-state index contributed by atoms with van der Waals surface area (Å²) in [6.45, 7) is 0. The average molecular weight is 240 g/mol. The summed E-state index contributed by atoms with van der Waals surface area (Å²) in [5, 5.41) is 0. The molecule has 2 N–H and O–H groups in total. The Morgan fingerprint density at radius 2 is 1.88 bits per heavy atom. The van der Waals surface area contributed by atoms with Crippen molar-refractivity contribution in [2.24, 2.45) is 0 Å². The van der Waals surface area contributed by atoms with E-state index in [1.807, 2.05) is 0 Å². The fraction of sp³-hybridized carbons (Fsp3) is 0.100. The predicted octanol–water partition coefficient (Wildman–Crippen LogP) is 2.14. The minimum absolute atomic E-state index is 0.0658. The zero-order chi connectivity index (χ0) is 12.5. The van der Waals surface area contributed by atoms with Crippen LogP contribution < -0.4 is 5.73 Å². The van der Waals surface area contributed by atoms with E-state index < -0.39 is 17.6 Å². The SMILES string of the molecule is Nc1nc(-c2ccccn2)ncc1C(F)(F)F. The normalized spacial score (nSPS) is 11.5. The highest BCUT2D eigenvalue weighted by molar-refractivity contribution is 5.53. The number of hydrogen-bond donors (Lipinski definition) is 1. The largest absolute Gasteiger partial charge is 0.421 e. The molecule has 2 aromatic heterocycles. The second kappa shape index (κ2) is 4.00. The molecule has 0 fully saturated rings. The highest BCUT2D eigenvalue weighted by atomic mass is 19.4. The van der Waals surface area contributed by atoms with Crippen LogP contribution in [0.2, 0.25) is 0 Å².